The fourth-order valence-corrected chi connectivity index (χ4v) is 3.60. The molecule has 5 heteroatoms. The highest BCUT2D eigenvalue weighted by atomic mass is 32.1. The van der Waals surface area contributed by atoms with Crippen molar-refractivity contribution in [2.75, 3.05) is 19.6 Å². The molecule has 1 atom stereocenters. The third kappa shape index (κ3) is 2.91. The van der Waals surface area contributed by atoms with E-state index < -0.39 is 0 Å². The van der Waals surface area contributed by atoms with E-state index in [9.17, 15) is 4.79 Å². The molecule has 1 aromatic heterocycles. The molecule has 0 aromatic carbocycles. The summed E-state index contributed by atoms with van der Waals surface area (Å²) < 4.78 is 0. The highest BCUT2D eigenvalue weighted by molar-refractivity contribution is 7.12. The predicted molar refractivity (Wildman–Crippen MR) is 74.3 cm³/mol. The van der Waals surface area contributed by atoms with Gasteiger partial charge < -0.3 is 11.5 Å². The number of thiophene rings is 1. The first-order valence-corrected chi connectivity index (χ1v) is 7.23. The summed E-state index contributed by atoms with van der Waals surface area (Å²) in [5, 5.41) is 0. The van der Waals surface area contributed by atoms with Gasteiger partial charge in [-0.15, -0.1) is 11.3 Å². The molecule has 4 nitrogen and oxygen atoms in total. The van der Waals surface area contributed by atoms with E-state index in [-0.39, 0.29) is 17.9 Å². The summed E-state index contributed by atoms with van der Waals surface area (Å²) >= 11 is 1.81. The first-order chi connectivity index (χ1) is 8.61. The van der Waals surface area contributed by atoms with Crippen LogP contribution in [0, 0.1) is 12.8 Å². The molecule has 1 amide bonds. The smallest absolute Gasteiger partial charge is 0.220 e. The number of amides is 1. The molecule has 1 unspecified atom stereocenters. The summed E-state index contributed by atoms with van der Waals surface area (Å²) in [5.74, 6) is -0.115. The highest BCUT2D eigenvalue weighted by Gasteiger charge is 2.28. The zero-order chi connectivity index (χ0) is 13.1. The van der Waals surface area contributed by atoms with Gasteiger partial charge in [-0.1, -0.05) is 0 Å². The molecule has 18 heavy (non-hydrogen) atoms. The zero-order valence-electron chi connectivity index (χ0n) is 10.8. The van der Waals surface area contributed by atoms with Crippen LogP contribution in [0.1, 0.15) is 28.6 Å². The third-order valence-electron chi connectivity index (χ3n) is 3.69. The maximum atomic E-state index is 11.2. The van der Waals surface area contributed by atoms with Crippen molar-refractivity contribution in [3.63, 3.8) is 0 Å². The molecule has 100 valence electrons. The number of carbonyl (C=O) groups excluding carboxylic acids is 1. The lowest BCUT2D eigenvalue weighted by molar-refractivity contribution is -0.123. The molecule has 1 fully saturated rings. The van der Waals surface area contributed by atoms with Gasteiger partial charge in [0.25, 0.3) is 0 Å². The van der Waals surface area contributed by atoms with Crippen LogP contribution in [0.2, 0.25) is 0 Å². The van der Waals surface area contributed by atoms with Crippen molar-refractivity contribution in [1.82, 2.24) is 4.90 Å². The van der Waals surface area contributed by atoms with Crippen LogP contribution in [-0.4, -0.2) is 30.4 Å². The first kappa shape index (κ1) is 13.5. The fraction of sp³-hybridized carbons (Fsp3) is 0.615. The van der Waals surface area contributed by atoms with Gasteiger partial charge in [-0.25, -0.2) is 0 Å². The number of carbonyl (C=O) groups is 1. The Balaban J connectivity index is 2.00. The lowest BCUT2D eigenvalue weighted by Crippen LogP contribution is -2.42. The van der Waals surface area contributed by atoms with Crippen LogP contribution < -0.4 is 11.5 Å². The number of hydrogen-bond donors (Lipinski definition) is 2. The minimum atomic E-state index is -0.161. The molecule has 1 saturated heterocycles. The Kier molecular flexibility index (Phi) is 4.37. The minimum Gasteiger partial charge on any atom is -0.369 e. The van der Waals surface area contributed by atoms with E-state index >= 15 is 0 Å². The van der Waals surface area contributed by atoms with Gasteiger partial charge in [0, 0.05) is 22.2 Å². The molecule has 2 rings (SSSR count). The summed E-state index contributed by atoms with van der Waals surface area (Å²) in [6.07, 6.45) is 1.71. The standard InChI is InChI=1S/C13H21N3OS/c1-9-2-3-12(18-9)11(8-14)16-6-4-10(5-7-16)13(15)17/h2-3,10-11H,4-8,14H2,1H3,(H2,15,17). The average molecular weight is 267 g/mol. The summed E-state index contributed by atoms with van der Waals surface area (Å²) in [4.78, 5) is 16.2. The van der Waals surface area contributed by atoms with E-state index in [1.54, 1.807) is 0 Å². The minimum absolute atomic E-state index is 0.0461. The van der Waals surface area contributed by atoms with Crippen LogP contribution in [0.15, 0.2) is 12.1 Å². The van der Waals surface area contributed by atoms with Crippen LogP contribution in [0.25, 0.3) is 0 Å². The summed E-state index contributed by atoms with van der Waals surface area (Å²) in [6, 6.07) is 4.59. The van der Waals surface area contributed by atoms with E-state index in [1.807, 2.05) is 11.3 Å². The van der Waals surface area contributed by atoms with Crippen LogP contribution in [0.3, 0.4) is 0 Å². The molecule has 4 N–H and O–H groups in total. The Bertz CT molecular complexity index is 410. The molecule has 0 bridgehead atoms. The Hall–Kier alpha value is -0.910. The number of aryl methyl sites for hydroxylation is 1. The van der Waals surface area contributed by atoms with Gasteiger partial charge in [0.1, 0.15) is 0 Å². The Morgan fingerprint density at radius 3 is 2.61 bits per heavy atom. The summed E-state index contributed by atoms with van der Waals surface area (Å²) in [6.45, 7) is 4.56. The van der Waals surface area contributed by atoms with E-state index in [1.165, 1.54) is 9.75 Å². The normalized spacial score (nSPS) is 19.9. The maximum absolute atomic E-state index is 11.2. The van der Waals surface area contributed by atoms with Gasteiger partial charge in [-0.05, 0) is 45.0 Å². The van der Waals surface area contributed by atoms with Crippen molar-refractivity contribution in [2.45, 2.75) is 25.8 Å². The van der Waals surface area contributed by atoms with Gasteiger partial charge in [-0.2, -0.15) is 0 Å². The summed E-state index contributed by atoms with van der Waals surface area (Å²) in [5.41, 5.74) is 11.3. The van der Waals surface area contributed by atoms with E-state index in [0.29, 0.717) is 6.54 Å². The largest absolute Gasteiger partial charge is 0.369 e. The second-order valence-electron chi connectivity index (χ2n) is 4.91. The topological polar surface area (TPSA) is 72.3 Å². The molecule has 1 aliphatic rings. The number of primary amides is 1. The van der Waals surface area contributed by atoms with Crippen molar-refractivity contribution < 1.29 is 4.79 Å². The Labute approximate surface area is 112 Å². The average Bonchev–Trinajstić information content (AvgIpc) is 2.77. The number of hydrogen-bond acceptors (Lipinski definition) is 4. The second kappa shape index (κ2) is 5.82. The molecule has 1 aromatic rings. The van der Waals surface area contributed by atoms with E-state index in [0.717, 1.165) is 25.9 Å². The number of nitrogens with zero attached hydrogens (tertiary/aromatic N) is 1. The van der Waals surface area contributed by atoms with Gasteiger partial charge in [0.15, 0.2) is 0 Å². The molecule has 0 aliphatic carbocycles. The van der Waals surface area contributed by atoms with Crippen molar-refractivity contribution in [2.24, 2.45) is 17.4 Å². The van der Waals surface area contributed by atoms with E-state index in [2.05, 4.69) is 24.0 Å². The quantitative estimate of drug-likeness (QED) is 0.862. The number of rotatable bonds is 4. The SMILES string of the molecule is Cc1ccc(C(CN)N2CCC(C(N)=O)CC2)s1. The second-order valence-corrected chi connectivity index (χ2v) is 6.23. The van der Waals surface area contributed by atoms with Crippen LogP contribution in [-0.2, 0) is 4.79 Å². The lowest BCUT2D eigenvalue weighted by atomic mass is 9.95. The van der Waals surface area contributed by atoms with Gasteiger partial charge in [-0.3, -0.25) is 9.69 Å². The van der Waals surface area contributed by atoms with Crippen LogP contribution in [0.5, 0.6) is 0 Å². The van der Waals surface area contributed by atoms with Gasteiger partial charge >= 0.3 is 0 Å². The van der Waals surface area contributed by atoms with Gasteiger partial charge in [0.2, 0.25) is 5.91 Å². The monoisotopic (exact) mass is 267 g/mol. The predicted octanol–water partition coefficient (Wildman–Crippen LogP) is 1.25. The fourth-order valence-electron chi connectivity index (χ4n) is 2.57. The van der Waals surface area contributed by atoms with Crippen molar-refractivity contribution in [3.8, 4) is 0 Å². The molecular weight excluding hydrogens is 246 g/mol. The van der Waals surface area contributed by atoms with Gasteiger partial charge in [0.05, 0.1) is 6.04 Å². The molecule has 0 saturated carbocycles. The van der Waals surface area contributed by atoms with Crippen LogP contribution >= 0.6 is 11.3 Å². The molecular formula is C13H21N3OS. The van der Waals surface area contributed by atoms with Crippen LogP contribution in [0.4, 0.5) is 0 Å². The van der Waals surface area contributed by atoms with E-state index in [4.69, 9.17) is 11.5 Å². The number of likely N-dealkylation sites (tertiary alicyclic amines) is 1. The van der Waals surface area contributed by atoms with Crippen molar-refractivity contribution in [1.29, 1.82) is 0 Å². The molecule has 2 heterocycles. The molecule has 1 aliphatic heterocycles. The summed E-state index contributed by atoms with van der Waals surface area (Å²) in [7, 11) is 0. The lowest BCUT2D eigenvalue weighted by Gasteiger charge is -2.35. The first-order valence-electron chi connectivity index (χ1n) is 6.41. The maximum Gasteiger partial charge on any atom is 0.220 e. The zero-order valence-corrected chi connectivity index (χ0v) is 11.6. The number of piperidine rings is 1. The third-order valence-corrected chi connectivity index (χ3v) is 4.79. The Morgan fingerprint density at radius 2 is 2.17 bits per heavy atom. The molecule has 0 radical (unpaired) electrons. The number of nitrogens with two attached hydrogens (primary N) is 2. The van der Waals surface area contributed by atoms with Crippen molar-refractivity contribution >= 4 is 17.2 Å². The molecule has 0 spiro atoms. The Morgan fingerprint density at radius 1 is 1.50 bits per heavy atom. The highest BCUT2D eigenvalue weighted by Crippen LogP contribution is 2.30. The van der Waals surface area contributed by atoms with Crippen molar-refractivity contribution in [3.05, 3.63) is 21.9 Å².